The Balaban J connectivity index is 1.72. The molecule has 7 nitrogen and oxygen atoms in total. The molecule has 7 heteroatoms. The van der Waals surface area contributed by atoms with Crippen molar-refractivity contribution in [2.45, 2.75) is 13.0 Å². The van der Waals surface area contributed by atoms with Gasteiger partial charge in [0.1, 0.15) is 11.8 Å². The molecule has 1 N–H and O–H groups in total. The molecule has 23 heavy (non-hydrogen) atoms. The van der Waals surface area contributed by atoms with Crippen molar-refractivity contribution in [1.29, 1.82) is 0 Å². The number of fused-ring (bicyclic) bond motifs is 2. The van der Waals surface area contributed by atoms with Gasteiger partial charge in [0.15, 0.2) is 23.0 Å². The van der Waals surface area contributed by atoms with Gasteiger partial charge in [-0.1, -0.05) is 0 Å². The third-order valence-electron chi connectivity index (χ3n) is 4.22. The van der Waals surface area contributed by atoms with E-state index < -0.39 is 0 Å². The fraction of sp³-hybridized carbons (Fsp3) is 0.312. The Morgan fingerprint density at radius 3 is 2.61 bits per heavy atom. The van der Waals surface area contributed by atoms with Crippen LogP contribution in [0.3, 0.4) is 0 Å². The Kier molecular flexibility index (Phi) is 3.25. The average Bonchev–Trinajstić information content (AvgIpc) is 3.08. The zero-order valence-electron chi connectivity index (χ0n) is 13.0. The van der Waals surface area contributed by atoms with E-state index in [2.05, 4.69) is 30.9 Å². The SMILES string of the molecule is COc1cc2c(cc1OC)CN(c1ncnc3nc[nH]c13)CC2. The van der Waals surface area contributed by atoms with Crippen molar-refractivity contribution in [3.8, 4) is 11.5 Å². The number of hydrogen-bond acceptors (Lipinski definition) is 6. The highest BCUT2D eigenvalue weighted by Crippen LogP contribution is 2.34. The summed E-state index contributed by atoms with van der Waals surface area (Å²) in [4.78, 5) is 18.2. The number of H-pyrrole nitrogens is 1. The molecule has 0 unspecified atom stereocenters. The maximum Gasteiger partial charge on any atom is 0.182 e. The molecular weight excluding hydrogens is 294 g/mol. The molecule has 0 aliphatic carbocycles. The first kappa shape index (κ1) is 13.8. The fourth-order valence-corrected chi connectivity index (χ4v) is 3.06. The highest BCUT2D eigenvalue weighted by molar-refractivity contribution is 5.82. The molecule has 3 aromatic rings. The number of nitrogens with zero attached hydrogens (tertiary/aromatic N) is 4. The molecule has 0 atom stereocenters. The van der Waals surface area contributed by atoms with Gasteiger partial charge in [0.25, 0.3) is 0 Å². The van der Waals surface area contributed by atoms with E-state index in [-0.39, 0.29) is 0 Å². The van der Waals surface area contributed by atoms with Gasteiger partial charge in [-0.2, -0.15) is 0 Å². The van der Waals surface area contributed by atoms with Gasteiger partial charge in [0.05, 0.1) is 20.5 Å². The largest absolute Gasteiger partial charge is 0.493 e. The number of aromatic amines is 1. The van der Waals surface area contributed by atoms with Gasteiger partial charge in [0, 0.05) is 13.1 Å². The standard InChI is InChI=1S/C16H17N5O2/c1-22-12-5-10-3-4-21(7-11(10)6-13(12)23-2)16-14-15(18-8-17-14)19-9-20-16/h5-6,8-9H,3-4,7H2,1-2H3,(H,17,18,19,20). The van der Waals surface area contributed by atoms with Gasteiger partial charge in [-0.3, -0.25) is 0 Å². The van der Waals surface area contributed by atoms with Crippen LogP contribution in [0, 0.1) is 0 Å². The normalized spacial score (nSPS) is 13.9. The van der Waals surface area contributed by atoms with Crippen molar-refractivity contribution in [3.05, 3.63) is 35.9 Å². The average molecular weight is 311 g/mol. The molecule has 4 rings (SSSR count). The highest BCUT2D eigenvalue weighted by atomic mass is 16.5. The quantitative estimate of drug-likeness (QED) is 0.796. The summed E-state index contributed by atoms with van der Waals surface area (Å²) in [6, 6.07) is 4.11. The summed E-state index contributed by atoms with van der Waals surface area (Å²) in [6.07, 6.45) is 4.13. The van der Waals surface area contributed by atoms with E-state index in [0.717, 1.165) is 42.3 Å². The van der Waals surface area contributed by atoms with Gasteiger partial charge >= 0.3 is 0 Å². The van der Waals surface area contributed by atoms with Crippen LogP contribution in [0.4, 0.5) is 5.82 Å². The zero-order chi connectivity index (χ0) is 15.8. The molecule has 1 aromatic carbocycles. The van der Waals surface area contributed by atoms with E-state index in [1.54, 1.807) is 26.9 Å². The number of hydrogen-bond donors (Lipinski definition) is 1. The van der Waals surface area contributed by atoms with Gasteiger partial charge < -0.3 is 19.4 Å². The third-order valence-corrected chi connectivity index (χ3v) is 4.22. The van der Waals surface area contributed by atoms with Crippen LogP contribution in [0.2, 0.25) is 0 Å². The fourth-order valence-electron chi connectivity index (χ4n) is 3.06. The molecular formula is C16H17N5O2. The van der Waals surface area contributed by atoms with E-state index in [1.165, 1.54) is 11.1 Å². The summed E-state index contributed by atoms with van der Waals surface area (Å²) in [5, 5.41) is 0. The summed E-state index contributed by atoms with van der Waals surface area (Å²) in [5.41, 5.74) is 4.07. The minimum absolute atomic E-state index is 0.688. The maximum absolute atomic E-state index is 5.42. The van der Waals surface area contributed by atoms with E-state index in [1.807, 2.05) is 6.07 Å². The Morgan fingerprint density at radius 1 is 1.04 bits per heavy atom. The number of nitrogens with one attached hydrogen (secondary N) is 1. The smallest absolute Gasteiger partial charge is 0.182 e. The van der Waals surface area contributed by atoms with Gasteiger partial charge in [-0.15, -0.1) is 0 Å². The number of benzene rings is 1. The molecule has 1 aliphatic heterocycles. The number of aromatic nitrogens is 4. The van der Waals surface area contributed by atoms with Crippen molar-refractivity contribution in [3.63, 3.8) is 0 Å². The van der Waals surface area contributed by atoms with Crippen LogP contribution in [0.1, 0.15) is 11.1 Å². The molecule has 0 spiro atoms. The predicted molar refractivity (Wildman–Crippen MR) is 86.0 cm³/mol. The lowest BCUT2D eigenvalue weighted by molar-refractivity contribution is 0.353. The Labute approximate surface area is 133 Å². The summed E-state index contributed by atoms with van der Waals surface area (Å²) in [7, 11) is 3.32. The summed E-state index contributed by atoms with van der Waals surface area (Å²) in [5.74, 6) is 2.41. The molecule has 2 aromatic heterocycles. The molecule has 0 fully saturated rings. The zero-order valence-corrected chi connectivity index (χ0v) is 13.0. The lowest BCUT2D eigenvalue weighted by Crippen LogP contribution is -2.31. The van der Waals surface area contributed by atoms with Crippen molar-refractivity contribution < 1.29 is 9.47 Å². The van der Waals surface area contributed by atoms with Crippen LogP contribution >= 0.6 is 0 Å². The topological polar surface area (TPSA) is 76.2 Å². The predicted octanol–water partition coefficient (Wildman–Crippen LogP) is 1.93. The van der Waals surface area contributed by atoms with E-state index >= 15 is 0 Å². The number of ether oxygens (including phenoxy) is 2. The van der Waals surface area contributed by atoms with Crippen LogP contribution in [-0.2, 0) is 13.0 Å². The number of rotatable bonds is 3. The lowest BCUT2D eigenvalue weighted by Gasteiger charge is -2.30. The molecule has 0 radical (unpaired) electrons. The van der Waals surface area contributed by atoms with Crippen molar-refractivity contribution >= 4 is 17.0 Å². The summed E-state index contributed by atoms with van der Waals surface area (Å²) < 4.78 is 10.8. The molecule has 1 aliphatic rings. The number of imidazole rings is 1. The Bertz CT molecular complexity index is 861. The second-order valence-electron chi connectivity index (χ2n) is 5.45. The molecule has 0 saturated heterocycles. The van der Waals surface area contributed by atoms with Crippen molar-refractivity contribution in [2.24, 2.45) is 0 Å². The second kappa shape index (κ2) is 5.42. The van der Waals surface area contributed by atoms with Crippen molar-refractivity contribution in [2.75, 3.05) is 25.7 Å². The van der Waals surface area contributed by atoms with Crippen molar-refractivity contribution in [1.82, 2.24) is 19.9 Å². The van der Waals surface area contributed by atoms with Crippen LogP contribution in [-0.4, -0.2) is 40.7 Å². The monoisotopic (exact) mass is 311 g/mol. The molecule has 0 bridgehead atoms. The first-order chi connectivity index (χ1) is 11.3. The van der Waals surface area contributed by atoms with Crippen LogP contribution in [0.15, 0.2) is 24.8 Å². The Morgan fingerprint density at radius 2 is 1.83 bits per heavy atom. The van der Waals surface area contributed by atoms with Crippen LogP contribution in [0.25, 0.3) is 11.2 Å². The number of anilines is 1. The van der Waals surface area contributed by atoms with Gasteiger partial charge in [0.2, 0.25) is 0 Å². The maximum atomic E-state index is 5.42. The van der Waals surface area contributed by atoms with E-state index in [9.17, 15) is 0 Å². The lowest BCUT2D eigenvalue weighted by atomic mass is 9.98. The van der Waals surface area contributed by atoms with Gasteiger partial charge in [-0.05, 0) is 29.7 Å². The molecule has 0 amide bonds. The Hall–Kier alpha value is -2.83. The van der Waals surface area contributed by atoms with Crippen LogP contribution in [0.5, 0.6) is 11.5 Å². The third kappa shape index (κ3) is 2.25. The molecule has 118 valence electrons. The van der Waals surface area contributed by atoms with E-state index in [4.69, 9.17) is 9.47 Å². The first-order valence-corrected chi connectivity index (χ1v) is 7.43. The minimum Gasteiger partial charge on any atom is -0.493 e. The van der Waals surface area contributed by atoms with Crippen LogP contribution < -0.4 is 14.4 Å². The molecule has 0 saturated carbocycles. The first-order valence-electron chi connectivity index (χ1n) is 7.43. The highest BCUT2D eigenvalue weighted by Gasteiger charge is 2.22. The second-order valence-corrected chi connectivity index (χ2v) is 5.45. The molecule has 3 heterocycles. The minimum atomic E-state index is 0.688. The van der Waals surface area contributed by atoms with E-state index in [0.29, 0.717) is 5.65 Å². The summed E-state index contributed by atoms with van der Waals surface area (Å²) in [6.45, 7) is 1.65. The summed E-state index contributed by atoms with van der Waals surface area (Å²) >= 11 is 0. The van der Waals surface area contributed by atoms with Gasteiger partial charge in [-0.25, -0.2) is 15.0 Å². The number of methoxy groups -OCH3 is 2.